The highest BCUT2D eigenvalue weighted by Crippen LogP contribution is 2.47. The van der Waals surface area contributed by atoms with Crippen molar-refractivity contribution in [2.24, 2.45) is 0 Å². The van der Waals surface area contributed by atoms with Gasteiger partial charge in [0.15, 0.2) is 6.10 Å². The third kappa shape index (κ3) is 9.07. The van der Waals surface area contributed by atoms with Crippen molar-refractivity contribution in [2.45, 2.75) is 37.0 Å². The van der Waals surface area contributed by atoms with Gasteiger partial charge in [-0.3, -0.25) is 9.59 Å². The van der Waals surface area contributed by atoms with Crippen molar-refractivity contribution in [2.75, 3.05) is 32.1 Å². The number of anilines is 1. The summed E-state index contributed by atoms with van der Waals surface area (Å²) >= 11 is 1.59. The van der Waals surface area contributed by atoms with Gasteiger partial charge in [0.25, 0.3) is 5.91 Å². The molecule has 1 heterocycles. The molecule has 0 aromatic heterocycles. The van der Waals surface area contributed by atoms with E-state index in [9.17, 15) is 19.2 Å². The molecular weight excluding hydrogens is 496 g/mol. The number of hydrogen-bond donors (Lipinski definition) is 2. The van der Waals surface area contributed by atoms with Gasteiger partial charge in [-0.25, -0.2) is 9.59 Å². The molecule has 37 heavy (non-hydrogen) atoms. The summed E-state index contributed by atoms with van der Waals surface area (Å²) in [6.45, 7) is 6.67. The van der Waals surface area contributed by atoms with Crippen LogP contribution in [0.1, 0.15) is 28.9 Å². The zero-order chi connectivity index (χ0) is 27.7. The molecule has 2 aromatic rings. The van der Waals surface area contributed by atoms with E-state index >= 15 is 0 Å². The molecular formula is C27H32N2O7S. The van der Waals surface area contributed by atoms with Crippen LogP contribution in [0.15, 0.2) is 59.5 Å². The number of carbonyl (C=O) groups excluding carboxylic acids is 2. The molecule has 1 amide bonds. The summed E-state index contributed by atoms with van der Waals surface area (Å²) < 4.78 is 5.61. The third-order valence-corrected chi connectivity index (χ3v) is 6.64. The monoisotopic (exact) mass is 528 g/mol. The first-order chi connectivity index (χ1) is 17.4. The SMILES string of the molecule is CC(=O)O[C@@H]1C(=O)N(CCN(C)C)c2ccc(C)cc2S[C@@H]1c1ccc(C)cc1.O=C(O)/C=C/C(=O)O. The number of carboxylic acids is 2. The number of esters is 1. The van der Waals surface area contributed by atoms with Crippen molar-refractivity contribution >= 4 is 41.3 Å². The molecule has 0 aliphatic carbocycles. The number of carboxylic acid groups (broad SMARTS) is 2. The topological polar surface area (TPSA) is 124 Å². The number of fused-ring (bicyclic) bond motifs is 1. The second kappa shape index (κ2) is 13.6. The maximum Gasteiger partial charge on any atom is 0.328 e. The Labute approximate surface area is 220 Å². The molecule has 2 N–H and O–H groups in total. The van der Waals surface area contributed by atoms with Crippen molar-refractivity contribution in [3.8, 4) is 0 Å². The third-order valence-electron chi connectivity index (χ3n) is 5.28. The van der Waals surface area contributed by atoms with E-state index < -0.39 is 24.0 Å². The van der Waals surface area contributed by atoms with Gasteiger partial charge in [0.2, 0.25) is 0 Å². The van der Waals surface area contributed by atoms with Crippen LogP contribution in [0.4, 0.5) is 5.69 Å². The van der Waals surface area contributed by atoms with E-state index in [4.69, 9.17) is 14.9 Å². The Morgan fingerprint density at radius 3 is 2.08 bits per heavy atom. The lowest BCUT2D eigenvalue weighted by Crippen LogP contribution is -2.45. The molecule has 9 nitrogen and oxygen atoms in total. The van der Waals surface area contributed by atoms with Crippen LogP contribution in [0.2, 0.25) is 0 Å². The summed E-state index contributed by atoms with van der Waals surface area (Å²) in [5.74, 6) is -3.14. The second-order valence-electron chi connectivity index (χ2n) is 8.75. The maximum atomic E-state index is 13.6. The van der Waals surface area contributed by atoms with Gasteiger partial charge < -0.3 is 24.7 Å². The zero-order valence-corrected chi connectivity index (χ0v) is 22.3. The van der Waals surface area contributed by atoms with E-state index in [1.807, 2.05) is 69.2 Å². The molecule has 0 unspecified atom stereocenters. The first-order valence-electron chi connectivity index (χ1n) is 11.5. The first-order valence-corrected chi connectivity index (χ1v) is 12.4. The number of hydrogen-bond acceptors (Lipinski definition) is 7. The van der Waals surface area contributed by atoms with Gasteiger partial charge in [0.05, 0.1) is 10.9 Å². The lowest BCUT2D eigenvalue weighted by Gasteiger charge is -2.28. The summed E-state index contributed by atoms with van der Waals surface area (Å²) in [7, 11) is 3.96. The number of aryl methyl sites for hydroxylation is 2. The molecule has 0 saturated carbocycles. The predicted molar refractivity (Wildman–Crippen MR) is 142 cm³/mol. The zero-order valence-electron chi connectivity index (χ0n) is 21.5. The van der Waals surface area contributed by atoms with E-state index in [1.165, 1.54) is 6.92 Å². The van der Waals surface area contributed by atoms with Crippen molar-refractivity contribution in [1.82, 2.24) is 4.90 Å². The number of thioether (sulfide) groups is 1. The molecule has 1 aliphatic rings. The summed E-state index contributed by atoms with van der Waals surface area (Å²) in [4.78, 5) is 49.4. The largest absolute Gasteiger partial charge is 0.478 e. The number of likely N-dealkylation sites (N-methyl/N-ethyl adjacent to an activating group) is 1. The molecule has 0 bridgehead atoms. The molecule has 0 radical (unpaired) electrons. The van der Waals surface area contributed by atoms with Crippen LogP contribution >= 0.6 is 11.8 Å². The number of carbonyl (C=O) groups is 4. The molecule has 0 saturated heterocycles. The number of rotatable bonds is 7. The summed E-state index contributed by atoms with van der Waals surface area (Å²) in [5, 5.41) is 15.3. The first kappa shape index (κ1) is 29.6. The average Bonchev–Trinajstić information content (AvgIpc) is 2.91. The molecule has 0 fully saturated rings. The Hall–Kier alpha value is -3.63. The second-order valence-corrected chi connectivity index (χ2v) is 9.94. The molecule has 198 valence electrons. The Balaban J connectivity index is 0.000000521. The van der Waals surface area contributed by atoms with Crippen LogP contribution in [-0.4, -0.2) is 72.2 Å². The summed E-state index contributed by atoms with van der Waals surface area (Å²) in [6, 6.07) is 14.2. The van der Waals surface area contributed by atoms with Crippen molar-refractivity contribution in [3.63, 3.8) is 0 Å². The van der Waals surface area contributed by atoms with E-state index in [-0.39, 0.29) is 11.2 Å². The fourth-order valence-electron chi connectivity index (χ4n) is 3.50. The van der Waals surface area contributed by atoms with Crippen LogP contribution < -0.4 is 4.90 Å². The molecule has 10 heteroatoms. The van der Waals surface area contributed by atoms with E-state index in [2.05, 4.69) is 6.07 Å². The molecule has 0 spiro atoms. The quantitative estimate of drug-likeness (QED) is 0.409. The molecule has 3 rings (SSSR count). The van der Waals surface area contributed by atoms with Crippen LogP contribution in [-0.2, 0) is 23.9 Å². The predicted octanol–water partition coefficient (Wildman–Crippen LogP) is 3.69. The fraction of sp³-hybridized carbons (Fsp3) is 0.333. The minimum absolute atomic E-state index is 0.178. The minimum Gasteiger partial charge on any atom is -0.478 e. The Morgan fingerprint density at radius 2 is 1.57 bits per heavy atom. The van der Waals surface area contributed by atoms with E-state index in [1.54, 1.807) is 16.7 Å². The lowest BCUT2D eigenvalue weighted by atomic mass is 10.0. The maximum absolute atomic E-state index is 13.6. The highest BCUT2D eigenvalue weighted by molar-refractivity contribution is 7.99. The summed E-state index contributed by atoms with van der Waals surface area (Å²) in [6.07, 6.45) is 0.236. The number of benzene rings is 2. The van der Waals surface area contributed by atoms with Crippen molar-refractivity contribution < 1.29 is 34.1 Å². The number of ether oxygens (including phenoxy) is 1. The van der Waals surface area contributed by atoms with Crippen LogP contribution in [0, 0.1) is 13.8 Å². The van der Waals surface area contributed by atoms with Crippen molar-refractivity contribution in [1.29, 1.82) is 0 Å². The van der Waals surface area contributed by atoms with Crippen LogP contribution in [0.3, 0.4) is 0 Å². The summed E-state index contributed by atoms with van der Waals surface area (Å²) in [5.41, 5.74) is 4.12. The van der Waals surface area contributed by atoms with Gasteiger partial charge in [0, 0.05) is 37.1 Å². The van der Waals surface area contributed by atoms with E-state index in [0.717, 1.165) is 27.3 Å². The lowest BCUT2D eigenvalue weighted by molar-refractivity contribution is -0.152. The van der Waals surface area contributed by atoms with Crippen LogP contribution in [0.5, 0.6) is 0 Å². The van der Waals surface area contributed by atoms with Crippen molar-refractivity contribution in [3.05, 3.63) is 71.3 Å². The standard InChI is InChI=1S/C23H28N2O3S.C4H4O4/c1-15-6-9-18(10-7-15)22-21(28-17(3)26)23(27)25(13-12-24(4)5)19-11-8-16(2)14-20(19)29-22;5-3(6)1-2-4(7)8/h6-11,14,21-22H,12-13H2,1-5H3;1-2H,(H,5,6)(H,7,8)/b;2-1+/t21-,22+;/m0./s1. The number of nitrogens with zero attached hydrogens (tertiary/aromatic N) is 2. The van der Waals surface area contributed by atoms with Gasteiger partial charge in [-0.05, 0) is 51.2 Å². The molecule has 1 aliphatic heterocycles. The fourth-order valence-corrected chi connectivity index (χ4v) is 4.92. The minimum atomic E-state index is -1.26. The van der Waals surface area contributed by atoms with Gasteiger partial charge >= 0.3 is 17.9 Å². The Morgan fingerprint density at radius 1 is 1.00 bits per heavy atom. The highest BCUT2D eigenvalue weighted by atomic mass is 32.2. The van der Waals surface area contributed by atoms with Crippen LogP contribution in [0.25, 0.3) is 0 Å². The van der Waals surface area contributed by atoms with Gasteiger partial charge in [0.1, 0.15) is 0 Å². The average molecular weight is 529 g/mol. The molecule has 2 atom stereocenters. The molecule has 2 aromatic carbocycles. The van der Waals surface area contributed by atoms with Gasteiger partial charge in [-0.1, -0.05) is 35.9 Å². The van der Waals surface area contributed by atoms with Gasteiger partial charge in [-0.2, -0.15) is 0 Å². The van der Waals surface area contributed by atoms with Gasteiger partial charge in [-0.15, -0.1) is 11.8 Å². The Kier molecular flexibility index (Phi) is 10.9. The number of aliphatic carboxylic acids is 2. The Bertz CT molecular complexity index is 1150. The van der Waals surface area contributed by atoms with E-state index in [0.29, 0.717) is 25.2 Å². The normalized spacial score (nSPS) is 17.0. The highest BCUT2D eigenvalue weighted by Gasteiger charge is 2.40. The number of amides is 1. The smallest absolute Gasteiger partial charge is 0.328 e.